The predicted molar refractivity (Wildman–Crippen MR) is 147 cm³/mol. The molecule has 5 nitrogen and oxygen atoms in total. The van der Waals surface area contributed by atoms with Crippen molar-refractivity contribution in [3.05, 3.63) is 101 Å². The molecule has 0 spiro atoms. The zero-order valence-corrected chi connectivity index (χ0v) is 22.4. The molecule has 0 atom stereocenters. The number of aliphatic imine (C=N–C) groups is 1. The average molecular weight is 644 g/mol. The molecule has 1 aliphatic heterocycles. The summed E-state index contributed by atoms with van der Waals surface area (Å²) in [7, 11) is 0. The average Bonchev–Trinajstić information content (AvgIpc) is 3.13. The molecular weight excluding hydrogens is 630 g/mol. The minimum Gasteiger partial charge on any atom is -0.488 e. The molecule has 10 heteroatoms. The highest BCUT2D eigenvalue weighted by atomic mass is 127. The lowest BCUT2D eigenvalue weighted by Gasteiger charge is -2.10. The maximum atomic E-state index is 12.4. The van der Waals surface area contributed by atoms with Crippen LogP contribution in [0.3, 0.4) is 0 Å². The number of carbonyl (C=O) groups is 2. The van der Waals surface area contributed by atoms with Gasteiger partial charge in [-0.1, -0.05) is 46.9 Å². The van der Waals surface area contributed by atoms with Gasteiger partial charge in [-0.05, 0) is 94.5 Å². The Hall–Kier alpha value is -2.04. The number of benzene rings is 3. The molecule has 172 valence electrons. The summed E-state index contributed by atoms with van der Waals surface area (Å²) >= 11 is 21.3. The van der Waals surface area contributed by atoms with Crippen LogP contribution in [0, 0.1) is 3.57 Å². The van der Waals surface area contributed by atoms with E-state index in [0.29, 0.717) is 37.9 Å². The molecule has 0 unspecified atom stereocenters. The molecule has 3 aromatic carbocycles. The first-order valence-electron chi connectivity index (χ1n) is 9.74. The van der Waals surface area contributed by atoms with Gasteiger partial charge in [0.25, 0.3) is 11.8 Å². The summed E-state index contributed by atoms with van der Waals surface area (Å²) in [5, 5.41) is 4.48. The molecule has 34 heavy (non-hydrogen) atoms. The fourth-order valence-electron chi connectivity index (χ4n) is 2.90. The van der Waals surface area contributed by atoms with Gasteiger partial charge >= 0.3 is 0 Å². The van der Waals surface area contributed by atoms with E-state index in [9.17, 15) is 9.59 Å². The van der Waals surface area contributed by atoms with Crippen molar-refractivity contribution in [2.24, 2.45) is 4.99 Å². The summed E-state index contributed by atoms with van der Waals surface area (Å²) in [6, 6.07) is 17.2. The van der Waals surface area contributed by atoms with Gasteiger partial charge in [0.1, 0.15) is 12.4 Å². The third-order valence-electron chi connectivity index (χ3n) is 4.60. The second-order valence-electron chi connectivity index (χ2n) is 7.01. The lowest BCUT2D eigenvalue weighted by Crippen LogP contribution is -2.20. The molecule has 4 rings (SSSR count). The Morgan fingerprint density at radius 3 is 2.47 bits per heavy atom. The Morgan fingerprint density at radius 1 is 1.03 bits per heavy atom. The van der Waals surface area contributed by atoms with Crippen LogP contribution in [-0.2, 0) is 11.4 Å². The molecule has 0 radical (unpaired) electrons. The molecule has 1 N–H and O–H groups in total. The number of ether oxygens (including phenoxy) is 1. The molecule has 1 saturated heterocycles. The quantitative estimate of drug-likeness (QED) is 0.235. The largest absolute Gasteiger partial charge is 0.488 e. The van der Waals surface area contributed by atoms with Crippen molar-refractivity contribution in [1.82, 2.24) is 5.32 Å². The third kappa shape index (κ3) is 6.34. The Balaban J connectivity index is 1.44. The Morgan fingerprint density at radius 2 is 1.76 bits per heavy atom. The number of amidine groups is 1. The van der Waals surface area contributed by atoms with Gasteiger partial charge in [0.2, 0.25) is 0 Å². The van der Waals surface area contributed by atoms with E-state index in [2.05, 4.69) is 32.9 Å². The summed E-state index contributed by atoms with van der Waals surface area (Å²) < 4.78 is 6.76. The van der Waals surface area contributed by atoms with Crippen LogP contribution < -0.4 is 10.1 Å². The van der Waals surface area contributed by atoms with E-state index < -0.39 is 5.91 Å². The number of nitrogens with zero attached hydrogens (tertiary/aromatic N) is 1. The summed E-state index contributed by atoms with van der Waals surface area (Å²) in [5.41, 5.74) is 2.02. The van der Waals surface area contributed by atoms with Crippen molar-refractivity contribution in [1.29, 1.82) is 0 Å². The summed E-state index contributed by atoms with van der Waals surface area (Å²) in [5.74, 6) is -0.0916. The first-order valence-corrected chi connectivity index (χ1v) is 12.8. The fourth-order valence-corrected chi connectivity index (χ4v) is 5.00. The Bertz CT molecular complexity index is 1340. The molecular formula is C24H14Cl3IN2O3S. The molecule has 1 aliphatic rings. The maximum Gasteiger partial charge on any atom is 0.279 e. The summed E-state index contributed by atoms with van der Waals surface area (Å²) in [6.07, 6.45) is 1.73. The normalized spacial score (nSPS) is 15.6. The number of carbonyl (C=O) groups excluding carboxylic acids is 2. The number of halogens is 4. The van der Waals surface area contributed by atoms with Crippen LogP contribution >= 0.6 is 69.2 Å². The molecule has 3 aromatic rings. The number of amides is 2. The number of thioether (sulfide) groups is 1. The summed E-state index contributed by atoms with van der Waals surface area (Å²) in [6.45, 7) is 0.298. The van der Waals surface area contributed by atoms with Gasteiger partial charge < -0.3 is 10.1 Å². The van der Waals surface area contributed by atoms with E-state index in [-0.39, 0.29) is 11.1 Å². The third-order valence-corrected chi connectivity index (χ3v) is 7.19. The van der Waals surface area contributed by atoms with Crippen LogP contribution in [0.1, 0.15) is 21.5 Å². The van der Waals surface area contributed by atoms with E-state index in [1.54, 1.807) is 42.5 Å². The molecule has 0 bridgehead atoms. The van der Waals surface area contributed by atoms with E-state index in [1.807, 2.05) is 24.3 Å². The lowest BCUT2D eigenvalue weighted by molar-refractivity contribution is -0.115. The van der Waals surface area contributed by atoms with Gasteiger partial charge in [-0.2, -0.15) is 4.99 Å². The van der Waals surface area contributed by atoms with Crippen LogP contribution in [0.25, 0.3) is 6.08 Å². The number of hydrogen-bond acceptors (Lipinski definition) is 4. The molecule has 0 saturated carbocycles. The zero-order valence-electron chi connectivity index (χ0n) is 17.2. The van der Waals surface area contributed by atoms with Crippen molar-refractivity contribution >= 4 is 92.2 Å². The maximum absolute atomic E-state index is 12.4. The predicted octanol–water partition coefficient (Wildman–Crippen LogP) is 7.23. The molecule has 1 fully saturated rings. The topological polar surface area (TPSA) is 67.8 Å². The van der Waals surface area contributed by atoms with Gasteiger partial charge in [-0.3, -0.25) is 9.59 Å². The number of hydrogen-bond donors (Lipinski definition) is 1. The minimum absolute atomic E-state index is 0.227. The van der Waals surface area contributed by atoms with E-state index in [0.717, 1.165) is 26.5 Å². The van der Waals surface area contributed by atoms with Gasteiger partial charge in [0.05, 0.1) is 8.48 Å². The zero-order chi connectivity index (χ0) is 24.2. The standard InChI is InChI=1S/C24H14Cl3IN2O3S/c25-16-5-2-14(3-6-16)22(31)29-24-30-23(32)21(34-24)10-13-1-8-20(19(28)9-13)33-12-15-4-7-17(26)11-18(15)27/h1-11H,12H2,(H,29,30,31,32)/b21-10-. The molecule has 1 heterocycles. The van der Waals surface area contributed by atoms with E-state index in [4.69, 9.17) is 39.5 Å². The van der Waals surface area contributed by atoms with Gasteiger partial charge in [0.15, 0.2) is 5.17 Å². The van der Waals surface area contributed by atoms with E-state index >= 15 is 0 Å². The van der Waals surface area contributed by atoms with Crippen LogP contribution in [0.5, 0.6) is 5.75 Å². The second-order valence-corrected chi connectivity index (χ2v) is 10.5. The van der Waals surface area contributed by atoms with Crippen LogP contribution in [0.2, 0.25) is 15.1 Å². The highest BCUT2D eigenvalue weighted by Crippen LogP contribution is 2.30. The smallest absolute Gasteiger partial charge is 0.279 e. The second kappa shape index (κ2) is 11.1. The lowest BCUT2D eigenvalue weighted by atomic mass is 10.2. The van der Waals surface area contributed by atoms with Crippen LogP contribution in [0.15, 0.2) is 70.6 Å². The van der Waals surface area contributed by atoms with Crippen molar-refractivity contribution in [2.75, 3.05) is 0 Å². The van der Waals surface area contributed by atoms with E-state index in [1.165, 1.54) is 0 Å². The number of rotatable bonds is 5. The Labute approximate surface area is 228 Å². The van der Waals surface area contributed by atoms with Crippen molar-refractivity contribution < 1.29 is 14.3 Å². The number of nitrogens with one attached hydrogen (secondary N) is 1. The van der Waals surface area contributed by atoms with Crippen LogP contribution in [-0.4, -0.2) is 17.0 Å². The van der Waals surface area contributed by atoms with Gasteiger partial charge in [0, 0.05) is 26.2 Å². The Kier molecular flexibility index (Phi) is 8.21. The minimum atomic E-state index is -0.461. The molecule has 0 aliphatic carbocycles. The summed E-state index contributed by atoms with van der Waals surface area (Å²) in [4.78, 5) is 29.1. The highest BCUT2D eigenvalue weighted by molar-refractivity contribution is 14.1. The van der Waals surface area contributed by atoms with Crippen molar-refractivity contribution in [3.63, 3.8) is 0 Å². The van der Waals surface area contributed by atoms with Gasteiger partial charge in [-0.15, -0.1) is 0 Å². The highest BCUT2D eigenvalue weighted by Gasteiger charge is 2.25. The molecule has 2 amide bonds. The van der Waals surface area contributed by atoms with Crippen molar-refractivity contribution in [2.45, 2.75) is 6.61 Å². The van der Waals surface area contributed by atoms with Gasteiger partial charge in [-0.25, -0.2) is 0 Å². The fraction of sp³-hybridized carbons (Fsp3) is 0.0417. The first kappa shape index (κ1) is 25.1. The first-order chi connectivity index (χ1) is 16.3. The SMILES string of the molecule is O=C1NC(=NC(=O)c2ccc(Cl)cc2)S/C1=C\c1ccc(OCc2ccc(Cl)cc2Cl)c(I)c1. The van der Waals surface area contributed by atoms with Crippen LogP contribution in [0.4, 0.5) is 0 Å². The molecule has 0 aromatic heterocycles. The monoisotopic (exact) mass is 642 g/mol. The van der Waals surface area contributed by atoms with Crippen molar-refractivity contribution in [3.8, 4) is 5.75 Å².